The van der Waals surface area contributed by atoms with Crippen LogP contribution in [-0.4, -0.2) is 43.1 Å². The summed E-state index contributed by atoms with van der Waals surface area (Å²) in [6.45, 7) is 7.75. The zero-order valence-corrected chi connectivity index (χ0v) is 15.4. The molecule has 2 rings (SSSR count). The number of carbonyl (C=O) groups excluding carboxylic acids is 1. The second kappa shape index (κ2) is 7.56. The van der Waals surface area contributed by atoms with E-state index in [2.05, 4.69) is 4.74 Å². The summed E-state index contributed by atoms with van der Waals surface area (Å²) in [6, 6.07) is 7.56. The van der Waals surface area contributed by atoms with Gasteiger partial charge in [0.25, 0.3) is 0 Å². The highest BCUT2D eigenvalue weighted by Crippen LogP contribution is 2.38. The van der Waals surface area contributed by atoms with Crippen LogP contribution in [-0.2, 0) is 18.8 Å². The largest absolute Gasteiger partial charge is 0.492 e. The van der Waals surface area contributed by atoms with Gasteiger partial charge in [0.15, 0.2) is 0 Å². The summed E-state index contributed by atoms with van der Waals surface area (Å²) in [7, 11) is 0.765. The molecule has 1 aromatic carbocycles. The number of esters is 1. The number of methoxy groups -OCH3 is 1. The van der Waals surface area contributed by atoms with Gasteiger partial charge in [0.05, 0.1) is 24.9 Å². The third-order valence-corrected chi connectivity index (χ3v) is 4.64. The second-order valence-electron chi connectivity index (χ2n) is 6.99. The lowest BCUT2D eigenvalue weighted by Crippen LogP contribution is -2.41. The van der Waals surface area contributed by atoms with Crippen molar-refractivity contribution in [2.45, 2.75) is 38.9 Å². The molecule has 0 bridgehead atoms. The predicted molar refractivity (Wildman–Crippen MR) is 98.6 cm³/mol. The summed E-state index contributed by atoms with van der Waals surface area (Å²) >= 11 is 0. The molecule has 0 amide bonds. The third kappa shape index (κ3) is 4.60. The maximum Gasteiger partial charge on any atom is 0.492 e. The van der Waals surface area contributed by atoms with E-state index in [0.717, 1.165) is 11.1 Å². The van der Waals surface area contributed by atoms with Crippen molar-refractivity contribution in [3.8, 4) is 0 Å². The van der Waals surface area contributed by atoms with Gasteiger partial charge >= 0.3 is 13.1 Å². The van der Waals surface area contributed by atoms with E-state index >= 15 is 0 Å². The number of ether oxygens (including phenoxy) is 1. The molecule has 0 saturated carbocycles. The van der Waals surface area contributed by atoms with Gasteiger partial charge in [0.2, 0.25) is 0 Å². The van der Waals surface area contributed by atoms with Crippen LogP contribution in [0.5, 0.6) is 0 Å². The van der Waals surface area contributed by atoms with E-state index in [1.165, 1.54) is 13.2 Å². The predicted octanol–water partition coefficient (Wildman–Crippen LogP) is 2.88. The minimum atomic E-state index is -0.575. The molecule has 134 valence electrons. The van der Waals surface area contributed by atoms with Crippen molar-refractivity contribution in [1.29, 1.82) is 0 Å². The van der Waals surface area contributed by atoms with Gasteiger partial charge in [0.1, 0.15) is 0 Å². The summed E-state index contributed by atoms with van der Waals surface area (Å²) < 4.78 is 16.5. The van der Waals surface area contributed by atoms with Crippen molar-refractivity contribution in [2.75, 3.05) is 13.7 Å². The highest BCUT2D eigenvalue weighted by Gasteiger charge is 2.52. The maximum absolute atomic E-state index is 11.1. The SMILES string of the molecule is COC(=O)/C=C/c1ccc(C=C(CO)B2OC(C)(C)C(C)(C)O2)cc1. The van der Waals surface area contributed by atoms with Gasteiger partial charge in [-0.05, 0) is 50.4 Å². The lowest BCUT2D eigenvalue weighted by molar-refractivity contribution is -0.134. The fourth-order valence-corrected chi connectivity index (χ4v) is 2.33. The third-order valence-electron chi connectivity index (χ3n) is 4.64. The summed E-state index contributed by atoms with van der Waals surface area (Å²) in [6.07, 6.45) is 4.91. The molecule has 1 heterocycles. The van der Waals surface area contributed by atoms with E-state index in [0.29, 0.717) is 5.47 Å². The smallest absolute Gasteiger partial charge is 0.466 e. The van der Waals surface area contributed by atoms with Gasteiger partial charge in [-0.3, -0.25) is 0 Å². The van der Waals surface area contributed by atoms with Crippen molar-refractivity contribution in [2.24, 2.45) is 0 Å². The van der Waals surface area contributed by atoms with Crippen molar-refractivity contribution in [1.82, 2.24) is 0 Å². The normalized spacial score (nSPS) is 19.4. The number of rotatable bonds is 5. The van der Waals surface area contributed by atoms with Crippen LogP contribution in [0.1, 0.15) is 38.8 Å². The molecule has 1 saturated heterocycles. The van der Waals surface area contributed by atoms with Crippen LogP contribution in [0.15, 0.2) is 35.8 Å². The Kier molecular flexibility index (Phi) is 5.88. The molecular formula is C19H25BO5. The fourth-order valence-electron chi connectivity index (χ4n) is 2.33. The average Bonchev–Trinajstić information content (AvgIpc) is 2.79. The molecule has 6 heteroatoms. The molecule has 5 nitrogen and oxygen atoms in total. The van der Waals surface area contributed by atoms with Crippen LogP contribution >= 0.6 is 0 Å². The fraction of sp³-hybridized carbons (Fsp3) is 0.421. The van der Waals surface area contributed by atoms with Crippen molar-refractivity contribution in [3.05, 3.63) is 46.9 Å². The number of aliphatic hydroxyl groups is 1. The van der Waals surface area contributed by atoms with Crippen LogP contribution in [0, 0.1) is 0 Å². The first-order valence-electron chi connectivity index (χ1n) is 8.21. The second-order valence-corrected chi connectivity index (χ2v) is 6.99. The van der Waals surface area contributed by atoms with Crippen molar-refractivity contribution >= 4 is 25.2 Å². The average molecular weight is 344 g/mol. The Balaban J connectivity index is 2.15. The van der Waals surface area contributed by atoms with Crippen molar-refractivity contribution in [3.63, 3.8) is 0 Å². The molecule has 0 aliphatic carbocycles. The minimum Gasteiger partial charge on any atom is -0.466 e. The molecule has 0 spiro atoms. The van der Waals surface area contributed by atoms with Gasteiger partial charge in [-0.1, -0.05) is 30.3 Å². The van der Waals surface area contributed by atoms with Crippen LogP contribution in [0.3, 0.4) is 0 Å². The topological polar surface area (TPSA) is 65.0 Å². The highest BCUT2D eigenvalue weighted by atomic mass is 16.7. The Labute approximate surface area is 149 Å². The van der Waals surface area contributed by atoms with Crippen LogP contribution in [0.2, 0.25) is 0 Å². The van der Waals surface area contributed by atoms with E-state index in [-0.39, 0.29) is 6.61 Å². The van der Waals surface area contributed by atoms with Crippen LogP contribution in [0.4, 0.5) is 0 Å². The van der Waals surface area contributed by atoms with E-state index in [1.54, 1.807) is 6.08 Å². The van der Waals surface area contributed by atoms with E-state index in [9.17, 15) is 9.90 Å². The molecule has 0 atom stereocenters. The molecule has 1 aliphatic rings. The molecule has 1 N–H and O–H groups in total. The summed E-state index contributed by atoms with van der Waals surface area (Å²) in [5.41, 5.74) is 1.55. The lowest BCUT2D eigenvalue weighted by Gasteiger charge is -2.32. The molecule has 0 radical (unpaired) electrons. The summed E-state index contributed by atoms with van der Waals surface area (Å²) in [5, 5.41) is 9.72. The zero-order valence-electron chi connectivity index (χ0n) is 15.4. The molecular weight excluding hydrogens is 319 g/mol. The first-order valence-corrected chi connectivity index (χ1v) is 8.21. The lowest BCUT2D eigenvalue weighted by atomic mass is 9.77. The highest BCUT2D eigenvalue weighted by molar-refractivity contribution is 6.55. The number of aliphatic hydroxyl groups excluding tert-OH is 1. The Hall–Kier alpha value is -1.89. The minimum absolute atomic E-state index is 0.152. The Morgan fingerprint density at radius 2 is 1.64 bits per heavy atom. The van der Waals surface area contributed by atoms with Crippen LogP contribution in [0.25, 0.3) is 12.2 Å². The quantitative estimate of drug-likeness (QED) is 0.506. The van der Waals surface area contributed by atoms with E-state index < -0.39 is 24.3 Å². The number of hydrogen-bond acceptors (Lipinski definition) is 5. The first kappa shape index (κ1) is 19.4. The van der Waals surface area contributed by atoms with Crippen molar-refractivity contribution < 1.29 is 23.9 Å². The van der Waals surface area contributed by atoms with Crippen LogP contribution < -0.4 is 0 Å². The Morgan fingerprint density at radius 1 is 1.12 bits per heavy atom. The van der Waals surface area contributed by atoms with Gasteiger partial charge in [-0.2, -0.15) is 0 Å². The van der Waals surface area contributed by atoms with E-state index in [4.69, 9.17) is 9.31 Å². The van der Waals surface area contributed by atoms with Gasteiger partial charge in [-0.15, -0.1) is 0 Å². The number of carbonyl (C=O) groups is 1. The standard InChI is InChI=1S/C19H25BO5/c1-18(2)19(3,4)25-20(24-18)16(13-21)12-15-8-6-14(7-9-15)10-11-17(22)23-5/h6-12,21H,13H2,1-5H3/b11-10+,16-12?. The summed E-state index contributed by atoms with van der Waals surface area (Å²) in [4.78, 5) is 11.1. The molecule has 1 fully saturated rings. The first-order chi connectivity index (χ1) is 11.7. The molecule has 0 unspecified atom stereocenters. The number of benzene rings is 1. The van der Waals surface area contributed by atoms with Gasteiger partial charge < -0.3 is 19.2 Å². The number of hydrogen-bond donors (Lipinski definition) is 1. The molecule has 1 aromatic rings. The monoisotopic (exact) mass is 344 g/mol. The molecule has 0 aromatic heterocycles. The van der Waals surface area contributed by atoms with Gasteiger partial charge in [0, 0.05) is 6.08 Å². The molecule has 1 aliphatic heterocycles. The molecule has 25 heavy (non-hydrogen) atoms. The van der Waals surface area contributed by atoms with E-state index in [1.807, 2.05) is 58.0 Å². The maximum atomic E-state index is 11.1. The Morgan fingerprint density at radius 3 is 2.12 bits per heavy atom. The van der Waals surface area contributed by atoms with Gasteiger partial charge in [-0.25, -0.2) is 4.79 Å². The Bertz CT molecular complexity index is 658. The summed E-state index contributed by atoms with van der Waals surface area (Å²) in [5.74, 6) is -0.396. The zero-order chi connectivity index (χ0) is 18.7.